The second-order valence-corrected chi connectivity index (χ2v) is 5.38. The SMILES string of the molecule is Cc1cc(C(=O)Cc2cncs2)nc2ccccc12. The van der Waals surface area contributed by atoms with Crippen LogP contribution in [0, 0.1) is 6.92 Å². The number of Topliss-reactive ketones (excluding diaryl/α,β-unsaturated/α-hetero) is 1. The van der Waals surface area contributed by atoms with Gasteiger partial charge >= 0.3 is 0 Å². The summed E-state index contributed by atoms with van der Waals surface area (Å²) < 4.78 is 0. The van der Waals surface area contributed by atoms with Gasteiger partial charge in [0, 0.05) is 22.9 Å². The summed E-state index contributed by atoms with van der Waals surface area (Å²) in [5.74, 6) is 0.0399. The first kappa shape index (κ1) is 12.0. The molecule has 0 atom stereocenters. The van der Waals surface area contributed by atoms with Crippen LogP contribution in [0.2, 0.25) is 0 Å². The van der Waals surface area contributed by atoms with Crippen molar-refractivity contribution in [3.05, 3.63) is 58.2 Å². The van der Waals surface area contributed by atoms with Crippen molar-refractivity contribution in [2.24, 2.45) is 0 Å². The molecule has 0 fully saturated rings. The Labute approximate surface area is 115 Å². The van der Waals surface area contributed by atoms with Gasteiger partial charge in [-0.1, -0.05) is 18.2 Å². The van der Waals surface area contributed by atoms with Crippen LogP contribution in [0.15, 0.2) is 42.0 Å². The molecule has 94 valence electrons. The van der Waals surface area contributed by atoms with Crippen LogP contribution in [-0.2, 0) is 6.42 Å². The van der Waals surface area contributed by atoms with Crippen LogP contribution in [0.4, 0.5) is 0 Å². The van der Waals surface area contributed by atoms with Crippen LogP contribution in [0.1, 0.15) is 20.9 Å². The number of hydrogen-bond donors (Lipinski definition) is 0. The molecule has 4 heteroatoms. The lowest BCUT2D eigenvalue weighted by Crippen LogP contribution is -2.06. The molecule has 2 aromatic heterocycles. The molecule has 0 N–H and O–H groups in total. The largest absolute Gasteiger partial charge is 0.292 e. The number of para-hydroxylation sites is 1. The zero-order valence-electron chi connectivity index (χ0n) is 10.5. The molecule has 0 unspecified atom stereocenters. The second-order valence-electron chi connectivity index (χ2n) is 4.41. The first-order chi connectivity index (χ1) is 9.24. The van der Waals surface area contributed by atoms with Crippen molar-refractivity contribution in [2.75, 3.05) is 0 Å². The van der Waals surface area contributed by atoms with Gasteiger partial charge in [-0.3, -0.25) is 9.78 Å². The zero-order chi connectivity index (χ0) is 13.2. The second kappa shape index (κ2) is 4.90. The lowest BCUT2D eigenvalue weighted by molar-refractivity contribution is 0.0989. The molecule has 0 amide bonds. The van der Waals surface area contributed by atoms with Crippen LogP contribution >= 0.6 is 11.3 Å². The Balaban J connectivity index is 1.98. The summed E-state index contributed by atoms with van der Waals surface area (Å²) in [6.07, 6.45) is 2.10. The summed E-state index contributed by atoms with van der Waals surface area (Å²) in [4.78, 5) is 21.6. The Morgan fingerprint density at radius 2 is 2.16 bits per heavy atom. The van der Waals surface area contributed by atoms with E-state index >= 15 is 0 Å². The average Bonchev–Trinajstić information content (AvgIpc) is 2.91. The highest BCUT2D eigenvalue weighted by Gasteiger charge is 2.11. The summed E-state index contributed by atoms with van der Waals surface area (Å²) in [5.41, 5.74) is 4.22. The van der Waals surface area contributed by atoms with E-state index in [0.717, 1.165) is 21.3 Å². The van der Waals surface area contributed by atoms with Crippen LogP contribution in [0.25, 0.3) is 10.9 Å². The molecule has 0 bridgehead atoms. The lowest BCUT2D eigenvalue weighted by Gasteiger charge is -2.05. The number of pyridine rings is 1. The summed E-state index contributed by atoms with van der Waals surface area (Å²) in [6, 6.07) is 9.74. The Morgan fingerprint density at radius 3 is 2.95 bits per heavy atom. The van der Waals surface area contributed by atoms with E-state index in [9.17, 15) is 4.79 Å². The van der Waals surface area contributed by atoms with Crippen LogP contribution in [0.3, 0.4) is 0 Å². The monoisotopic (exact) mass is 268 g/mol. The zero-order valence-corrected chi connectivity index (χ0v) is 11.3. The van der Waals surface area contributed by atoms with Gasteiger partial charge in [0.05, 0.1) is 11.0 Å². The summed E-state index contributed by atoms with van der Waals surface area (Å²) >= 11 is 1.49. The summed E-state index contributed by atoms with van der Waals surface area (Å²) in [6.45, 7) is 2.01. The number of benzene rings is 1. The van der Waals surface area contributed by atoms with Crippen molar-refractivity contribution in [2.45, 2.75) is 13.3 Å². The van der Waals surface area contributed by atoms with Gasteiger partial charge in [0.1, 0.15) is 5.69 Å². The molecule has 0 aliphatic rings. The molecule has 3 rings (SSSR count). The Hall–Kier alpha value is -2.07. The van der Waals surface area contributed by atoms with E-state index in [-0.39, 0.29) is 5.78 Å². The van der Waals surface area contributed by atoms with E-state index in [1.807, 2.05) is 37.3 Å². The quantitative estimate of drug-likeness (QED) is 0.683. The number of aromatic nitrogens is 2. The van der Waals surface area contributed by atoms with E-state index in [2.05, 4.69) is 9.97 Å². The highest BCUT2D eigenvalue weighted by Crippen LogP contribution is 2.18. The highest BCUT2D eigenvalue weighted by atomic mass is 32.1. The summed E-state index contributed by atoms with van der Waals surface area (Å²) in [7, 11) is 0. The molecule has 0 radical (unpaired) electrons. The fourth-order valence-corrected chi connectivity index (χ4v) is 2.66. The number of thiazole rings is 1. The number of ketones is 1. The van der Waals surface area contributed by atoms with E-state index in [1.54, 1.807) is 11.7 Å². The minimum atomic E-state index is 0.0399. The first-order valence-electron chi connectivity index (χ1n) is 6.01. The number of nitrogens with zero attached hydrogens (tertiary/aromatic N) is 2. The van der Waals surface area contributed by atoms with E-state index in [0.29, 0.717) is 12.1 Å². The maximum atomic E-state index is 12.2. The molecule has 19 heavy (non-hydrogen) atoms. The van der Waals surface area contributed by atoms with Crippen molar-refractivity contribution >= 4 is 28.0 Å². The van der Waals surface area contributed by atoms with Crippen molar-refractivity contribution < 1.29 is 4.79 Å². The predicted octanol–water partition coefficient (Wildman–Crippen LogP) is 3.43. The van der Waals surface area contributed by atoms with E-state index < -0.39 is 0 Å². The molecule has 0 aliphatic heterocycles. The molecule has 2 heterocycles. The molecule has 3 aromatic rings. The van der Waals surface area contributed by atoms with Gasteiger partial charge in [-0.25, -0.2) is 4.98 Å². The fourth-order valence-electron chi connectivity index (χ4n) is 2.07. The number of fused-ring (bicyclic) bond motifs is 1. The maximum absolute atomic E-state index is 12.2. The minimum Gasteiger partial charge on any atom is -0.292 e. The lowest BCUT2D eigenvalue weighted by atomic mass is 10.1. The Bertz CT molecular complexity index is 735. The van der Waals surface area contributed by atoms with Gasteiger partial charge in [-0.15, -0.1) is 11.3 Å². The van der Waals surface area contributed by atoms with Gasteiger partial charge in [0.2, 0.25) is 0 Å². The van der Waals surface area contributed by atoms with Crippen molar-refractivity contribution in [1.29, 1.82) is 0 Å². The van der Waals surface area contributed by atoms with Gasteiger partial charge in [0.15, 0.2) is 5.78 Å². The van der Waals surface area contributed by atoms with Gasteiger partial charge < -0.3 is 0 Å². The van der Waals surface area contributed by atoms with Crippen LogP contribution in [-0.4, -0.2) is 15.8 Å². The number of aryl methyl sites for hydroxylation is 1. The smallest absolute Gasteiger partial charge is 0.186 e. The number of rotatable bonds is 3. The third-order valence-electron chi connectivity index (χ3n) is 3.03. The Kier molecular flexibility index (Phi) is 3.09. The maximum Gasteiger partial charge on any atom is 0.186 e. The van der Waals surface area contributed by atoms with Crippen molar-refractivity contribution in [3.8, 4) is 0 Å². The molecule has 0 aliphatic carbocycles. The van der Waals surface area contributed by atoms with Crippen molar-refractivity contribution in [1.82, 2.24) is 9.97 Å². The van der Waals surface area contributed by atoms with Gasteiger partial charge in [-0.2, -0.15) is 0 Å². The molecule has 0 saturated carbocycles. The van der Waals surface area contributed by atoms with Gasteiger partial charge in [-0.05, 0) is 24.6 Å². The van der Waals surface area contributed by atoms with Crippen LogP contribution < -0.4 is 0 Å². The molecular weight excluding hydrogens is 256 g/mol. The molecule has 3 nitrogen and oxygen atoms in total. The summed E-state index contributed by atoms with van der Waals surface area (Å²) in [5, 5.41) is 1.09. The normalized spacial score (nSPS) is 10.8. The number of carbonyl (C=O) groups is 1. The molecule has 1 aromatic carbocycles. The topological polar surface area (TPSA) is 42.9 Å². The van der Waals surface area contributed by atoms with Crippen LogP contribution in [0.5, 0.6) is 0 Å². The third-order valence-corrected chi connectivity index (χ3v) is 3.81. The van der Waals surface area contributed by atoms with E-state index in [1.165, 1.54) is 11.3 Å². The van der Waals surface area contributed by atoms with Gasteiger partial charge in [0.25, 0.3) is 0 Å². The average molecular weight is 268 g/mol. The number of carbonyl (C=O) groups excluding carboxylic acids is 1. The predicted molar refractivity (Wildman–Crippen MR) is 76.6 cm³/mol. The third kappa shape index (κ3) is 2.39. The molecule has 0 saturated heterocycles. The van der Waals surface area contributed by atoms with E-state index in [4.69, 9.17) is 0 Å². The fraction of sp³-hybridized carbons (Fsp3) is 0.133. The standard InChI is InChI=1S/C15H12N2OS/c1-10-6-14(15(18)7-11-8-16-9-19-11)17-13-5-3-2-4-12(10)13/h2-6,8-9H,7H2,1H3. The minimum absolute atomic E-state index is 0.0399. The highest BCUT2D eigenvalue weighted by molar-refractivity contribution is 7.09. The Morgan fingerprint density at radius 1 is 1.32 bits per heavy atom. The number of hydrogen-bond acceptors (Lipinski definition) is 4. The molecular formula is C15H12N2OS. The first-order valence-corrected chi connectivity index (χ1v) is 6.89. The van der Waals surface area contributed by atoms with Crippen molar-refractivity contribution in [3.63, 3.8) is 0 Å². The molecule has 0 spiro atoms.